The zero-order chi connectivity index (χ0) is 18.9. The maximum atomic E-state index is 12.4. The molecule has 2 N–H and O–H groups in total. The zero-order valence-electron chi connectivity index (χ0n) is 15.1. The molecule has 0 spiro atoms. The van der Waals surface area contributed by atoms with Gasteiger partial charge >= 0.3 is 5.97 Å². The molecule has 2 aromatic carbocycles. The lowest BCUT2D eigenvalue weighted by Crippen LogP contribution is -2.31. The molecule has 0 aliphatic rings. The standard InChI is InChI=1S/C21H25NO4/c1-15(2)26-21(25)14-18(16-8-4-3-5-9-16)22-20(24)13-12-17-10-6-7-11-19(17)23/h3-11,15,18,23H,12-14H2,1-2H3,(H,22,24)/t18-/m0/s1. The van der Waals surface area contributed by atoms with Crippen LogP contribution in [-0.2, 0) is 20.7 Å². The van der Waals surface area contributed by atoms with E-state index in [1.807, 2.05) is 36.4 Å². The molecule has 0 unspecified atom stereocenters. The topological polar surface area (TPSA) is 75.6 Å². The third-order valence-corrected chi connectivity index (χ3v) is 3.89. The van der Waals surface area contributed by atoms with Crippen LogP contribution in [-0.4, -0.2) is 23.1 Å². The number of rotatable bonds is 8. The number of hydrogen-bond donors (Lipinski definition) is 2. The van der Waals surface area contributed by atoms with E-state index in [4.69, 9.17) is 4.74 Å². The molecular weight excluding hydrogens is 330 g/mol. The quantitative estimate of drug-likeness (QED) is 0.711. The number of hydrogen-bond acceptors (Lipinski definition) is 4. The van der Waals surface area contributed by atoms with Gasteiger partial charge in [-0.1, -0.05) is 48.5 Å². The lowest BCUT2D eigenvalue weighted by molar-refractivity contribution is -0.148. The van der Waals surface area contributed by atoms with E-state index in [0.717, 1.165) is 11.1 Å². The number of carbonyl (C=O) groups is 2. The first-order valence-corrected chi connectivity index (χ1v) is 8.76. The summed E-state index contributed by atoms with van der Waals surface area (Å²) in [6, 6.07) is 15.9. The van der Waals surface area contributed by atoms with Gasteiger partial charge in [-0.2, -0.15) is 0 Å². The molecule has 1 atom stereocenters. The molecule has 0 saturated heterocycles. The largest absolute Gasteiger partial charge is 0.508 e. The second-order valence-corrected chi connectivity index (χ2v) is 6.40. The van der Waals surface area contributed by atoms with Gasteiger partial charge < -0.3 is 15.2 Å². The molecule has 0 bridgehead atoms. The summed E-state index contributed by atoms with van der Waals surface area (Å²) >= 11 is 0. The first-order chi connectivity index (χ1) is 12.5. The van der Waals surface area contributed by atoms with Crippen LogP contribution in [0.3, 0.4) is 0 Å². The number of amides is 1. The van der Waals surface area contributed by atoms with Gasteiger partial charge in [-0.05, 0) is 37.5 Å². The van der Waals surface area contributed by atoms with Crippen LogP contribution in [0, 0.1) is 0 Å². The first-order valence-electron chi connectivity index (χ1n) is 8.76. The van der Waals surface area contributed by atoms with E-state index in [-0.39, 0.29) is 36.6 Å². The van der Waals surface area contributed by atoms with Gasteiger partial charge in [-0.25, -0.2) is 0 Å². The average molecular weight is 355 g/mol. The minimum Gasteiger partial charge on any atom is -0.508 e. The highest BCUT2D eigenvalue weighted by atomic mass is 16.5. The summed E-state index contributed by atoms with van der Waals surface area (Å²) in [5.74, 6) is -0.352. The molecule has 1 amide bonds. The van der Waals surface area contributed by atoms with E-state index in [9.17, 15) is 14.7 Å². The summed E-state index contributed by atoms with van der Waals surface area (Å²) in [5.41, 5.74) is 1.57. The van der Waals surface area contributed by atoms with Crippen LogP contribution < -0.4 is 5.32 Å². The number of phenolic OH excluding ortho intramolecular Hbond substituents is 1. The minimum absolute atomic E-state index is 0.0739. The fourth-order valence-electron chi connectivity index (χ4n) is 2.65. The normalized spacial score (nSPS) is 11.8. The predicted octanol–water partition coefficient (Wildman–Crippen LogP) is 3.52. The highest BCUT2D eigenvalue weighted by Gasteiger charge is 2.20. The lowest BCUT2D eigenvalue weighted by atomic mass is 10.0. The van der Waals surface area contributed by atoms with Crippen molar-refractivity contribution in [2.75, 3.05) is 0 Å². The van der Waals surface area contributed by atoms with E-state index >= 15 is 0 Å². The summed E-state index contributed by atoms with van der Waals surface area (Å²) in [6.45, 7) is 3.58. The van der Waals surface area contributed by atoms with Crippen molar-refractivity contribution in [2.45, 2.75) is 45.3 Å². The molecular formula is C21H25NO4. The molecule has 0 radical (unpaired) electrons. The van der Waals surface area contributed by atoms with Crippen LogP contribution in [0.4, 0.5) is 0 Å². The molecule has 0 aliphatic carbocycles. The van der Waals surface area contributed by atoms with Crippen molar-refractivity contribution in [1.82, 2.24) is 5.32 Å². The molecule has 138 valence electrons. The monoisotopic (exact) mass is 355 g/mol. The molecule has 2 aromatic rings. The minimum atomic E-state index is -0.445. The Labute approximate surface area is 154 Å². The van der Waals surface area contributed by atoms with Gasteiger partial charge in [0.05, 0.1) is 18.6 Å². The van der Waals surface area contributed by atoms with E-state index in [0.29, 0.717) is 6.42 Å². The number of esters is 1. The average Bonchev–Trinajstić information content (AvgIpc) is 2.60. The number of phenols is 1. The Bertz CT molecular complexity index is 728. The van der Waals surface area contributed by atoms with Crippen molar-refractivity contribution in [1.29, 1.82) is 0 Å². The Morgan fingerprint density at radius 3 is 2.35 bits per heavy atom. The van der Waals surface area contributed by atoms with E-state index in [2.05, 4.69) is 5.32 Å². The number of carbonyl (C=O) groups excluding carboxylic acids is 2. The molecule has 26 heavy (non-hydrogen) atoms. The molecule has 5 heteroatoms. The highest BCUT2D eigenvalue weighted by molar-refractivity contribution is 5.78. The Hall–Kier alpha value is -2.82. The van der Waals surface area contributed by atoms with Crippen molar-refractivity contribution in [2.24, 2.45) is 0 Å². The fraction of sp³-hybridized carbons (Fsp3) is 0.333. The second kappa shape index (κ2) is 9.61. The Kier molecular flexibility index (Phi) is 7.21. The number of aromatic hydroxyl groups is 1. The fourth-order valence-corrected chi connectivity index (χ4v) is 2.65. The van der Waals surface area contributed by atoms with Gasteiger partial charge in [0.15, 0.2) is 0 Å². The van der Waals surface area contributed by atoms with Crippen molar-refractivity contribution in [3.05, 3.63) is 65.7 Å². The summed E-state index contributed by atoms with van der Waals surface area (Å²) in [6.07, 6.45) is 0.525. The van der Waals surface area contributed by atoms with Crippen molar-refractivity contribution < 1.29 is 19.4 Å². The van der Waals surface area contributed by atoms with Crippen LogP contribution in [0.2, 0.25) is 0 Å². The van der Waals surface area contributed by atoms with Crippen LogP contribution in [0.5, 0.6) is 5.75 Å². The Morgan fingerprint density at radius 2 is 1.69 bits per heavy atom. The summed E-state index contributed by atoms with van der Waals surface area (Å²) < 4.78 is 5.21. The highest BCUT2D eigenvalue weighted by Crippen LogP contribution is 2.20. The third-order valence-electron chi connectivity index (χ3n) is 3.89. The van der Waals surface area contributed by atoms with Gasteiger partial charge in [0.2, 0.25) is 5.91 Å². The SMILES string of the molecule is CC(C)OC(=O)C[C@H](NC(=O)CCc1ccccc1O)c1ccccc1. The maximum absolute atomic E-state index is 12.4. The number of para-hydroxylation sites is 1. The van der Waals surface area contributed by atoms with Gasteiger partial charge in [0, 0.05) is 6.42 Å². The zero-order valence-corrected chi connectivity index (χ0v) is 15.1. The lowest BCUT2D eigenvalue weighted by Gasteiger charge is -2.19. The van der Waals surface area contributed by atoms with Crippen LogP contribution in [0.15, 0.2) is 54.6 Å². The first kappa shape index (κ1) is 19.5. The summed E-state index contributed by atoms with van der Waals surface area (Å²) in [5, 5.41) is 12.7. The molecule has 2 rings (SSSR count). The van der Waals surface area contributed by atoms with Crippen molar-refractivity contribution in [3.63, 3.8) is 0 Å². The number of nitrogens with one attached hydrogen (secondary N) is 1. The Balaban J connectivity index is 2.00. The summed E-state index contributed by atoms with van der Waals surface area (Å²) in [7, 11) is 0. The van der Waals surface area contributed by atoms with Crippen LogP contribution >= 0.6 is 0 Å². The summed E-state index contributed by atoms with van der Waals surface area (Å²) in [4.78, 5) is 24.4. The van der Waals surface area contributed by atoms with Gasteiger partial charge in [0.1, 0.15) is 5.75 Å². The maximum Gasteiger partial charge on any atom is 0.308 e. The number of benzene rings is 2. The molecule has 0 heterocycles. The van der Waals surface area contributed by atoms with Gasteiger partial charge in [0.25, 0.3) is 0 Å². The molecule has 5 nitrogen and oxygen atoms in total. The van der Waals surface area contributed by atoms with E-state index in [1.165, 1.54) is 0 Å². The predicted molar refractivity (Wildman–Crippen MR) is 99.6 cm³/mol. The Morgan fingerprint density at radius 1 is 1.04 bits per heavy atom. The number of aryl methyl sites for hydroxylation is 1. The molecule has 0 aliphatic heterocycles. The number of ether oxygens (including phenoxy) is 1. The van der Waals surface area contributed by atoms with E-state index in [1.54, 1.807) is 32.0 Å². The molecule has 0 saturated carbocycles. The smallest absolute Gasteiger partial charge is 0.308 e. The van der Waals surface area contributed by atoms with Crippen LogP contribution in [0.25, 0.3) is 0 Å². The molecule has 0 aromatic heterocycles. The van der Waals surface area contributed by atoms with Gasteiger partial charge in [-0.15, -0.1) is 0 Å². The van der Waals surface area contributed by atoms with Crippen molar-refractivity contribution in [3.8, 4) is 5.75 Å². The second-order valence-electron chi connectivity index (χ2n) is 6.40. The third kappa shape index (κ3) is 6.24. The van der Waals surface area contributed by atoms with Crippen molar-refractivity contribution >= 4 is 11.9 Å². The molecule has 0 fully saturated rings. The van der Waals surface area contributed by atoms with E-state index < -0.39 is 6.04 Å². The van der Waals surface area contributed by atoms with Gasteiger partial charge in [-0.3, -0.25) is 9.59 Å². The van der Waals surface area contributed by atoms with Crippen LogP contribution in [0.1, 0.15) is 43.9 Å².